The second kappa shape index (κ2) is 13.2. The molecule has 1 rings (SSSR count). The predicted molar refractivity (Wildman–Crippen MR) is 98.4 cm³/mol. The van der Waals surface area contributed by atoms with Gasteiger partial charge in [-0.2, -0.15) is 0 Å². The van der Waals surface area contributed by atoms with Gasteiger partial charge in [-0.25, -0.2) is 0 Å². The second-order valence-corrected chi connectivity index (χ2v) is 6.33. The Kier molecular flexibility index (Phi) is 11.3. The number of ketones is 1. The van der Waals surface area contributed by atoms with Gasteiger partial charge in [-0.1, -0.05) is 71.6 Å². The Morgan fingerprint density at radius 3 is 1.83 bits per heavy atom. The largest absolute Gasteiger partial charge is 0.494 e. The van der Waals surface area contributed by atoms with Gasteiger partial charge in [0.1, 0.15) is 5.75 Å². The Bertz CT molecular complexity index is 408. The van der Waals surface area contributed by atoms with Crippen LogP contribution in [0.15, 0.2) is 24.3 Å². The topological polar surface area (TPSA) is 26.3 Å². The third-order valence-corrected chi connectivity index (χ3v) is 4.26. The molecule has 1 aromatic rings. The molecular formula is C21H34O2. The minimum absolute atomic E-state index is 0.186. The highest BCUT2D eigenvalue weighted by atomic mass is 16.5. The lowest BCUT2D eigenvalue weighted by atomic mass is 10.1. The fraction of sp³-hybridized carbons (Fsp3) is 0.667. The fourth-order valence-electron chi connectivity index (χ4n) is 2.72. The molecule has 2 nitrogen and oxygen atoms in total. The van der Waals surface area contributed by atoms with Gasteiger partial charge in [-0.3, -0.25) is 4.79 Å². The number of rotatable bonds is 14. The summed E-state index contributed by atoms with van der Waals surface area (Å²) in [6.45, 7) is 4.93. The average molecular weight is 319 g/mol. The van der Waals surface area contributed by atoms with Gasteiger partial charge in [0.05, 0.1) is 6.61 Å². The van der Waals surface area contributed by atoms with Crippen molar-refractivity contribution in [3.8, 4) is 5.75 Å². The molecule has 0 aliphatic rings. The summed E-state index contributed by atoms with van der Waals surface area (Å²) in [5.41, 5.74) is 0.777. The van der Waals surface area contributed by atoms with Gasteiger partial charge in [0.25, 0.3) is 0 Å². The summed E-state index contributed by atoms with van der Waals surface area (Å²) in [6.07, 6.45) is 13.9. The third-order valence-electron chi connectivity index (χ3n) is 4.26. The van der Waals surface area contributed by atoms with Crippen LogP contribution >= 0.6 is 0 Å². The first-order valence-electron chi connectivity index (χ1n) is 9.54. The molecule has 2 heteroatoms. The van der Waals surface area contributed by atoms with Crippen molar-refractivity contribution in [3.63, 3.8) is 0 Å². The number of benzene rings is 1. The zero-order valence-corrected chi connectivity index (χ0v) is 15.1. The molecule has 130 valence electrons. The molecule has 0 saturated carbocycles. The highest BCUT2D eigenvalue weighted by Gasteiger charge is 2.02. The molecule has 0 heterocycles. The molecule has 0 aliphatic carbocycles. The van der Waals surface area contributed by atoms with E-state index >= 15 is 0 Å². The lowest BCUT2D eigenvalue weighted by Crippen LogP contribution is -1.99. The van der Waals surface area contributed by atoms with Crippen LogP contribution in [0.4, 0.5) is 0 Å². The van der Waals surface area contributed by atoms with Crippen LogP contribution in [-0.2, 0) is 0 Å². The van der Waals surface area contributed by atoms with Crippen LogP contribution in [0.5, 0.6) is 5.75 Å². The molecule has 0 aliphatic heterocycles. The highest BCUT2D eigenvalue weighted by molar-refractivity contribution is 5.95. The third kappa shape index (κ3) is 9.43. The fourth-order valence-corrected chi connectivity index (χ4v) is 2.72. The van der Waals surface area contributed by atoms with E-state index in [2.05, 4.69) is 6.92 Å². The first-order valence-corrected chi connectivity index (χ1v) is 9.54. The van der Waals surface area contributed by atoms with E-state index in [0.29, 0.717) is 6.42 Å². The molecule has 0 bridgehead atoms. The normalized spacial score (nSPS) is 10.7. The summed E-state index contributed by atoms with van der Waals surface area (Å²) in [5.74, 6) is 1.06. The quantitative estimate of drug-likeness (QED) is 0.286. The van der Waals surface area contributed by atoms with Crippen LogP contribution in [-0.4, -0.2) is 12.4 Å². The van der Waals surface area contributed by atoms with Crippen LogP contribution in [0.2, 0.25) is 0 Å². The van der Waals surface area contributed by atoms with E-state index in [1.807, 2.05) is 31.2 Å². The van der Waals surface area contributed by atoms with Crippen LogP contribution in [0, 0.1) is 0 Å². The zero-order chi connectivity index (χ0) is 16.8. The molecule has 0 unspecified atom stereocenters. The zero-order valence-electron chi connectivity index (χ0n) is 15.1. The highest BCUT2D eigenvalue weighted by Crippen LogP contribution is 2.15. The molecule has 0 N–H and O–H groups in total. The number of Topliss-reactive ketones (excluding diaryl/α,β-unsaturated/α-hetero) is 1. The summed E-state index contributed by atoms with van der Waals surface area (Å²) in [7, 11) is 0. The van der Waals surface area contributed by atoms with Gasteiger partial charge in [-0.05, 0) is 30.7 Å². The second-order valence-electron chi connectivity index (χ2n) is 6.33. The molecule has 23 heavy (non-hydrogen) atoms. The molecule has 0 saturated heterocycles. The Morgan fingerprint density at radius 1 is 0.783 bits per heavy atom. The van der Waals surface area contributed by atoms with Gasteiger partial charge in [0, 0.05) is 12.0 Å². The van der Waals surface area contributed by atoms with E-state index < -0.39 is 0 Å². The average Bonchev–Trinajstić information content (AvgIpc) is 2.59. The van der Waals surface area contributed by atoms with Gasteiger partial charge in [0.2, 0.25) is 0 Å². The van der Waals surface area contributed by atoms with Gasteiger partial charge < -0.3 is 4.74 Å². The van der Waals surface area contributed by atoms with E-state index in [1.54, 1.807) is 0 Å². The molecule has 0 radical (unpaired) electrons. The van der Waals surface area contributed by atoms with E-state index in [4.69, 9.17) is 4.74 Å². The summed E-state index contributed by atoms with van der Waals surface area (Å²) >= 11 is 0. The minimum atomic E-state index is 0.186. The molecule has 0 amide bonds. The first-order chi connectivity index (χ1) is 11.3. The molecule has 0 fully saturated rings. The number of unbranched alkanes of at least 4 members (excludes halogenated alkanes) is 9. The molecule has 0 atom stereocenters. The molecule has 0 aromatic heterocycles. The maximum absolute atomic E-state index is 11.5. The van der Waals surface area contributed by atoms with E-state index in [9.17, 15) is 4.79 Å². The van der Waals surface area contributed by atoms with Gasteiger partial charge in [0.15, 0.2) is 5.78 Å². The van der Waals surface area contributed by atoms with E-state index in [0.717, 1.165) is 24.3 Å². The van der Waals surface area contributed by atoms with Crippen molar-refractivity contribution in [2.75, 3.05) is 6.61 Å². The minimum Gasteiger partial charge on any atom is -0.494 e. The number of hydrogen-bond donors (Lipinski definition) is 0. The van der Waals surface area contributed by atoms with Crippen molar-refractivity contribution >= 4 is 5.78 Å². The van der Waals surface area contributed by atoms with E-state index in [1.165, 1.54) is 57.8 Å². The van der Waals surface area contributed by atoms with Crippen molar-refractivity contribution in [2.45, 2.75) is 84.5 Å². The van der Waals surface area contributed by atoms with E-state index in [-0.39, 0.29) is 5.78 Å². The summed E-state index contributed by atoms with van der Waals surface area (Å²) in [4.78, 5) is 11.5. The summed E-state index contributed by atoms with van der Waals surface area (Å²) in [6, 6.07) is 7.53. The van der Waals surface area contributed by atoms with Crippen molar-refractivity contribution in [1.82, 2.24) is 0 Å². The predicted octanol–water partition coefficient (Wildman–Crippen LogP) is 6.58. The number of hydrogen-bond acceptors (Lipinski definition) is 2. The van der Waals surface area contributed by atoms with Crippen molar-refractivity contribution in [1.29, 1.82) is 0 Å². The van der Waals surface area contributed by atoms with Crippen LogP contribution < -0.4 is 4.74 Å². The lowest BCUT2D eigenvalue weighted by molar-refractivity contribution is 0.0988. The number of carbonyl (C=O) groups is 1. The summed E-state index contributed by atoms with van der Waals surface area (Å²) < 4.78 is 5.74. The Labute approximate surface area is 142 Å². The standard InChI is InChI=1S/C21H34O2/c1-3-5-6-7-8-9-10-11-12-13-18-23-20-16-14-19(15-17-20)21(22)4-2/h14-17H,3-13,18H2,1-2H3. The smallest absolute Gasteiger partial charge is 0.162 e. The Hall–Kier alpha value is -1.31. The monoisotopic (exact) mass is 318 g/mol. The Balaban J connectivity index is 1.97. The van der Waals surface area contributed by atoms with Crippen LogP contribution in [0.25, 0.3) is 0 Å². The maximum Gasteiger partial charge on any atom is 0.162 e. The van der Waals surface area contributed by atoms with Crippen molar-refractivity contribution in [2.24, 2.45) is 0 Å². The van der Waals surface area contributed by atoms with Crippen molar-refractivity contribution in [3.05, 3.63) is 29.8 Å². The van der Waals surface area contributed by atoms with Gasteiger partial charge >= 0.3 is 0 Å². The molecule has 0 spiro atoms. The lowest BCUT2D eigenvalue weighted by Gasteiger charge is -2.07. The maximum atomic E-state index is 11.5. The summed E-state index contributed by atoms with van der Waals surface area (Å²) in [5, 5.41) is 0. The molecule has 1 aromatic carbocycles. The van der Waals surface area contributed by atoms with Crippen molar-refractivity contribution < 1.29 is 9.53 Å². The van der Waals surface area contributed by atoms with Crippen LogP contribution in [0.3, 0.4) is 0 Å². The Morgan fingerprint density at radius 2 is 1.30 bits per heavy atom. The first kappa shape index (κ1) is 19.7. The molecular weight excluding hydrogens is 284 g/mol. The number of ether oxygens (including phenoxy) is 1. The van der Waals surface area contributed by atoms with Gasteiger partial charge in [-0.15, -0.1) is 0 Å². The number of carbonyl (C=O) groups excluding carboxylic acids is 1. The SMILES string of the molecule is CCCCCCCCCCCCOc1ccc(C(=O)CC)cc1. The van der Waals surface area contributed by atoms with Crippen LogP contribution in [0.1, 0.15) is 94.8 Å².